The van der Waals surface area contributed by atoms with Gasteiger partial charge in [-0.2, -0.15) is 0 Å². The molecule has 1 heterocycles. The van der Waals surface area contributed by atoms with E-state index in [4.69, 9.17) is 0 Å². The summed E-state index contributed by atoms with van der Waals surface area (Å²) in [6, 6.07) is 0. The molecule has 0 radical (unpaired) electrons. The molecule has 0 aromatic heterocycles. The molecule has 8 heavy (non-hydrogen) atoms. The van der Waals surface area contributed by atoms with Gasteiger partial charge in [0.2, 0.25) is 0 Å². The third-order valence-corrected chi connectivity index (χ3v) is 3.36. The van der Waals surface area contributed by atoms with Gasteiger partial charge in [-0.15, -0.1) is 0 Å². The van der Waals surface area contributed by atoms with E-state index in [0.717, 1.165) is 24.6 Å². The van der Waals surface area contributed by atoms with E-state index < -0.39 is 10.8 Å². The van der Waals surface area contributed by atoms with Crippen LogP contribution in [-0.4, -0.2) is 31.9 Å². The third-order valence-electron chi connectivity index (χ3n) is 1.12. The molecule has 4 heteroatoms. The van der Waals surface area contributed by atoms with Crippen LogP contribution in [0.2, 0.25) is 0 Å². The Morgan fingerprint density at radius 1 is 1.38 bits per heavy atom. The summed E-state index contributed by atoms with van der Waals surface area (Å²) in [5.41, 5.74) is 0. The standard InChI is InChI=1S/C4H8INOS/c5-6-1-3-8(7)4-2-6/h1-4H2. The molecule has 0 N–H and O–H groups in total. The maximum Gasteiger partial charge on any atom is 0.0371 e. The van der Waals surface area contributed by atoms with Gasteiger partial charge in [-0.1, -0.05) is 0 Å². The van der Waals surface area contributed by atoms with Gasteiger partial charge < -0.3 is 0 Å². The SMILES string of the molecule is O=S1CCN(I)CC1. The monoisotopic (exact) mass is 245 g/mol. The van der Waals surface area contributed by atoms with E-state index in [1.54, 1.807) is 0 Å². The zero-order chi connectivity index (χ0) is 5.98. The second-order valence-electron chi connectivity index (χ2n) is 1.76. The minimum atomic E-state index is -0.507. The minimum Gasteiger partial charge on any atom is -0.259 e. The van der Waals surface area contributed by atoms with Crippen molar-refractivity contribution >= 4 is 33.7 Å². The van der Waals surface area contributed by atoms with Gasteiger partial charge in [0.05, 0.1) is 0 Å². The lowest BCUT2D eigenvalue weighted by molar-refractivity contribution is 0.548. The van der Waals surface area contributed by atoms with E-state index in [9.17, 15) is 4.21 Å². The lowest BCUT2D eigenvalue weighted by Gasteiger charge is -2.18. The summed E-state index contributed by atoms with van der Waals surface area (Å²) in [5.74, 6) is 1.73. The van der Waals surface area contributed by atoms with Crippen LogP contribution in [0.3, 0.4) is 0 Å². The van der Waals surface area contributed by atoms with Gasteiger partial charge in [0.1, 0.15) is 0 Å². The molecule has 0 unspecified atom stereocenters. The average molecular weight is 245 g/mol. The molecular formula is C4H8INOS. The van der Waals surface area contributed by atoms with Crippen molar-refractivity contribution in [3.8, 4) is 0 Å². The van der Waals surface area contributed by atoms with Gasteiger partial charge >= 0.3 is 0 Å². The van der Waals surface area contributed by atoms with Gasteiger partial charge in [-0.25, -0.2) is 3.11 Å². The van der Waals surface area contributed by atoms with Gasteiger partial charge in [0.15, 0.2) is 0 Å². The summed E-state index contributed by atoms with van der Waals surface area (Å²) in [7, 11) is -0.507. The molecule has 0 aromatic rings. The van der Waals surface area contributed by atoms with Crippen molar-refractivity contribution in [2.24, 2.45) is 0 Å². The summed E-state index contributed by atoms with van der Waals surface area (Å²) in [6.07, 6.45) is 0. The lowest BCUT2D eigenvalue weighted by Crippen LogP contribution is -2.30. The molecule has 0 saturated carbocycles. The molecule has 1 rings (SSSR count). The van der Waals surface area contributed by atoms with Crippen molar-refractivity contribution in [3.05, 3.63) is 0 Å². The number of nitrogens with zero attached hydrogens (tertiary/aromatic N) is 1. The third kappa shape index (κ3) is 1.99. The van der Waals surface area contributed by atoms with E-state index in [1.807, 2.05) is 0 Å². The Kier molecular flexibility index (Phi) is 2.71. The first-order chi connectivity index (χ1) is 3.79. The van der Waals surface area contributed by atoms with Crippen LogP contribution in [0, 0.1) is 0 Å². The molecule has 0 aromatic carbocycles. The first-order valence-corrected chi connectivity index (χ1v) is 5.00. The topological polar surface area (TPSA) is 20.3 Å². The summed E-state index contributed by atoms with van der Waals surface area (Å²) in [6.45, 7) is 1.99. The molecular weight excluding hydrogens is 237 g/mol. The van der Waals surface area contributed by atoms with Crippen LogP contribution in [0.15, 0.2) is 0 Å². The van der Waals surface area contributed by atoms with Crippen molar-refractivity contribution < 1.29 is 4.21 Å². The largest absolute Gasteiger partial charge is 0.259 e. The predicted octanol–water partition coefficient (Wildman–Crippen LogP) is 0.401. The Labute approximate surface area is 65.6 Å². The highest BCUT2D eigenvalue weighted by Crippen LogP contribution is 2.04. The van der Waals surface area contributed by atoms with Crippen LogP contribution in [0.1, 0.15) is 0 Å². The fourth-order valence-electron chi connectivity index (χ4n) is 0.616. The molecule has 0 atom stereocenters. The number of hydrogen-bond acceptors (Lipinski definition) is 2. The van der Waals surface area contributed by atoms with Crippen molar-refractivity contribution in [3.63, 3.8) is 0 Å². The van der Waals surface area contributed by atoms with Crippen LogP contribution in [0.25, 0.3) is 0 Å². The number of rotatable bonds is 0. The highest BCUT2D eigenvalue weighted by atomic mass is 127. The zero-order valence-electron chi connectivity index (χ0n) is 4.47. The fraction of sp³-hybridized carbons (Fsp3) is 1.00. The second kappa shape index (κ2) is 3.12. The number of hydrogen-bond donors (Lipinski definition) is 0. The maximum atomic E-state index is 10.7. The van der Waals surface area contributed by atoms with Gasteiger partial charge in [-0.3, -0.25) is 4.21 Å². The molecule has 2 nitrogen and oxygen atoms in total. The molecule has 48 valence electrons. The van der Waals surface area contributed by atoms with Gasteiger partial charge in [-0.05, 0) is 0 Å². The fourth-order valence-corrected chi connectivity index (χ4v) is 2.80. The van der Waals surface area contributed by atoms with Crippen LogP contribution in [0.4, 0.5) is 0 Å². The molecule has 0 bridgehead atoms. The van der Waals surface area contributed by atoms with Gasteiger partial charge in [0.25, 0.3) is 0 Å². The highest BCUT2D eigenvalue weighted by Gasteiger charge is 2.10. The first kappa shape index (κ1) is 6.95. The lowest BCUT2D eigenvalue weighted by atomic mass is 10.6. The quantitative estimate of drug-likeness (QED) is 0.455. The average Bonchev–Trinajstić information content (AvgIpc) is 1.77. The Hall–Kier alpha value is 0.840. The summed E-state index contributed by atoms with van der Waals surface area (Å²) >= 11 is 2.27. The van der Waals surface area contributed by atoms with E-state index in [0.29, 0.717) is 0 Å². The van der Waals surface area contributed by atoms with Crippen LogP contribution in [-0.2, 0) is 10.8 Å². The van der Waals surface area contributed by atoms with Crippen molar-refractivity contribution in [1.29, 1.82) is 0 Å². The summed E-state index contributed by atoms with van der Waals surface area (Å²) in [5, 5.41) is 0. The Morgan fingerprint density at radius 3 is 2.25 bits per heavy atom. The zero-order valence-corrected chi connectivity index (χ0v) is 7.44. The molecule has 0 aliphatic carbocycles. The van der Waals surface area contributed by atoms with E-state index in [1.165, 1.54) is 0 Å². The highest BCUT2D eigenvalue weighted by molar-refractivity contribution is 14.1. The Bertz CT molecular complexity index is 98.2. The molecule has 1 aliphatic rings. The van der Waals surface area contributed by atoms with Crippen molar-refractivity contribution in [2.75, 3.05) is 24.6 Å². The maximum absolute atomic E-state index is 10.7. The predicted molar refractivity (Wildman–Crippen MR) is 43.5 cm³/mol. The normalized spacial score (nSPS) is 26.1. The second-order valence-corrected chi connectivity index (χ2v) is 4.82. The van der Waals surface area contributed by atoms with Crippen LogP contribution >= 0.6 is 22.9 Å². The minimum absolute atomic E-state index is 0.507. The molecule has 1 fully saturated rings. The van der Waals surface area contributed by atoms with Gasteiger partial charge in [0, 0.05) is 58.3 Å². The van der Waals surface area contributed by atoms with Crippen LogP contribution in [0.5, 0.6) is 0 Å². The van der Waals surface area contributed by atoms with E-state index >= 15 is 0 Å². The summed E-state index contributed by atoms with van der Waals surface area (Å²) < 4.78 is 12.9. The molecule has 0 spiro atoms. The first-order valence-electron chi connectivity index (χ1n) is 2.55. The van der Waals surface area contributed by atoms with E-state index in [-0.39, 0.29) is 0 Å². The Morgan fingerprint density at radius 2 is 1.88 bits per heavy atom. The summed E-state index contributed by atoms with van der Waals surface area (Å²) in [4.78, 5) is 0. The molecule has 0 amide bonds. The molecule has 1 aliphatic heterocycles. The van der Waals surface area contributed by atoms with E-state index in [2.05, 4.69) is 26.0 Å². The van der Waals surface area contributed by atoms with Crippen LogP contribution < -0.4 is 0 Å². The van der Waals surface area contributed by atoms with Crippen molar-refractivity contribution in [1.82, 2.24) is 3.11 Å². The smallest absolute Gasteiger partial charge is 0.0371 e. The van der Waals surface area contributed by atoms with Crippen molar-refractivity contribution in [2.45, 2.75) is 0 Å². The Balaban J connectivity index is 2.29. The molecule has 1 saturated heterocycles. The number of halogens is 1.